The van der Waals surface area contributed by atoms with Gasteiger partial charge in [-0.25, -0.2) is 9.59 Å². The molecule has 0 aromatic heterocycles. The number of aliphatic hydroxyl groups excluding tert-OH is 1. The van der Waals surface area contributed by atoms with E-state index in [0.717, 1.165) is 0 Å². The number of alkyl carbamates (subject to hydrolysis) is 2. The third-order valence-electron chi connectivity index (χ3n) is 2.92. The first-order valence-corrected chi connectivity index (χ1v) is 6.35. The first kappa shape index (κ1) is 17.5. The van der Waals surface area contributed by atoms with Crippen LogP contribution in [0.1, 0.15) is 33.1 Å². The lowest BCUT2D eigenvalue weighted by Gasteiger charge is -2.26. The maximum atomic E-state index is 11.1. The Bertz CT molecular complexity index is 285. The van der Waals surface area contributed by atoms with Crippen molar-refractivity contribution < 1.29 is 24.2 Å². The predicted molar refractivity (Wildman–Crippen MR) is 69.9 cm³/mol. The summed E-state index contributed by atoms with van der Waals surface area (Å²) in [7, 11) is 2.55. The summed E-state index contributed by atoms with van der Waals surface area (Å²) >= 11 is 0. The van der Waals surface area contributed by atoms with Crippen LogP contribution in [0.25, 0.3) is 0 Å². The predicted octanol–water partition coefficient (Wildman–Crippen LogP) is 1.01. The van der Waals surface area contributed by atoms with Crippen molar-refractivity contribution in [2.24, 2.45) is 0 Å². The molecule has 0 spiro atoms. The fraction of sp³-hybridized carbons (Fsp3) is 0.833. The van der Waals surface area contributed by atoms with Crippen molar-refractivity contribution in [2.75, 3.05) is 14.2 Å². The van der Waals surface area contributed by atoms with Crippen LogP contribution in [0.15, 0.2) is 0 Å². The van der Waals surface area contributed by atoms with Crippen molar-refractivity contribution in [1.29, 1.82) is 0 Å². The molecule has 0 aromatic rings. The van der Waals surface area contributed by atoms with Crippen LogP contribution in [0.2, 0.25) is 0 Å². The number of nitrogens with one attached hydrogen (secondary N) is 2. The molecule has 3 atom stereocenters. The molecule has 3 unspecified atom stereocenters. The molecular weight excluding hydrogens is 252 g/mol. The van der Waals surface area contributed by atoms with E-state index in [2.05, 4.69) is 20.1 Å². The SMILES string of the molecule is CCC(CC(O)C(CC)NC(=O)OC)NC(=O)OC. The van der Waals surface area contributed by atoms with Crippen molar-refractivity contribution in [3.8, 4) is 0 Å². The van der Waals surface area contributed by atoms with Gasteiger partial charge < -0.3 is 25.2 Å². The highest BCUT2D eigenvalue weighted by Crippen LogP contribution is 2.09. The average Bonchev–Trinajstić information content (AvgIpc) is 2.42. The Kier molecular flexibility index (Phi) is 8.69. The largest absolute Gasteiger partial charge is 0.453 e. The summed E-state index contributed by atoms with van der Waals surface area (Å²) in [5.74, 6) is 0. The van der Waals surface area contributed by atoms with Crippen molar-refractivity contribution in [3.63, 3.8) is 0 Å². The number of hydrogen-bond donors (Lipinski definition) is 3. The van der Waals surface area contributed by atoms with Gasteiger partial charge in [0.25, 0.3) is 0 Å². The number of carbonyl (C=O) groups is 2. The number of rotatable bonds is 7. The maximum Gasteiger partial charge on any atom is 0.407 e. The number of hydrogen-bond acceptors (Lipinski definition) is 5. The lowest BCUT2D eigenvalue weighted by Crippen LogP contribution is -2.46. The molecule has 0 rings (SSSR count). The second kappa shape index (κ2) is 9.43. The number of methoxy groups -OCH3 is 2. The van der Waals surface area contributed by atoms with Crippen LogP contribution >= 0.6 is 0 Å². The number of ether oxygens (including phenoxy) is 2. The Labute approximate surface area is 113 Å². The van der Waals surface area contributed by atoms with Gasteiger partial charge in [-0.05, 0) is 19.3 Å². The molecule has 0 aromatic carbocycles. The molecule has 0 aliphatic heterocycles. The standard InChI is InChI=1S/C12H24N2O5/c1-5-8(13-11(16)18-3)7-10(15)9(6-2)14-12(17)19-4/h8-10,15H,5-7H2,1-4H3,(H,13,16)(H,14,17). The van der Waals surface area contributed by atoms with Gasteiger partial charge in [-0.15, -0.1) is 0 Å². The molecule has 0 aliphatic rings. The topological polar surface area (TPSA) is 96.9 Å². The quantitative estimate of drug-likeness (QED) is 0.644. The lowest BCUT2D eigenvalue weighted by molar-refractivity contribution is 0.0934. The molecule has 0 bridgehead atoms. The molecule has 0 aliphatic carbocycles. The van der Waals surface area contributed by atoms with Gasteiger partial charge in [0.15, 0.2) is 0 Å². The highest BCUT2D eigenvalue weighted by Gasteiger charge is 2.23. The summed E-state index contributed by atoms with van der Waals surface area (Å²) in [5, 5.41) is 15.3. The van der Waals surface area contributed by atoms with Crippen molar-refractivity contribution >= 4 is 12.2 Å². The zero-order valence-electron chi connectivity index (χ0n) is 11.9. The summed E-state index contributed by atoms with van der Waals surface area (Å²) in [6, 6.07) is -0.628. The summed E-state index contributed by atoms with van der Waals surface area (Å²) in [4.78, 5) is 22.3. The fourth-order valence-corrected chi connectivity index (χ4v) is 1.69. The summed E-state index contributed by atoms with van der Waals surface area (Å²) in [5.41, 5.74) is 0. The molecule has 3 N–H and O–H groups in total. The van der Waals surface area contributed by atoms with E-state index in [1.54, 1.807) is 0 Å². The van der Waals surface area contributed by atoms with Crippen LogP contribution < -0.4 is 10.6 Å². The van der Waals surface area contributed by atoms with Crippen molar-refractivity contribution in [2.45, 2.75) is 51.3 Å². The first-order valence-electron chi connectivity index (χ1n) is 6.35. The van der Waals surface area contributed by atoms with Gasteiger partial charge in [-0.1, -0.05) is 13.8 Å². The normalized spacial score (nSPS) is 15.0. The molecule has 0 saturated heterocycles. The Morgan fingerprint density at radius 2 is 1.58 bits per heavy atom. The van der Waals surface area contributed by atoms with Crippen molar-refractivity contribution in [1.82, 2.24) is 10.6 Å². The summed E-state index contributed by atoms with van der Waals surface area (Å²) in [6.07, 6.45) is -0.348. The summed E-state index contributed by atoms with van der Waals surface area (Å²) < 4.78 is 9.01. The highest BCUT2D eigenvalue weighted by atomic mass is 16.5. The van der Waals surface area contributed by atoms with Crippen molar-refractivity contribution in [3.05, 3.63) is 0 Å². The number of amides is 2. The minimum atomic E-state index is -0.772. The Balaban J connectivity index is 4.38. The van der Waals surface area contributed by atoms with E-state index in [9.17, 15) is 14.7 Å². The van der Waals surface area contributed by atoms with E-state index >= 15 is 0 Å². The molecule has 7 nitrogen and oxygen atoms in total. The van der Waals surface area contributed by atoms with Gasteiger partial charge in [-0.3, -0.25) is 0 Å². The first-order chi connectivity index (χ1) is 8.98. The van der Waals surface area contributed by atoms with E-state index in [4.69, 9.17) is 0 Å². The Morgan fingerprint density at radius 3 is 2.00 bits per heavy atom. The molecule has 0 heterocycles. The van der Waals surface area contributed by atoms with E-state index in [-0.39, 0.29) is 6.04 Å². The highest BCUT2D eigenvalue weighted by molar-refractivity contribution is 5.67. The second-order valence-electron chi connectivity index (χ2n) is 4.19. The average molecular weight is 276 g/mol. The van der Waals surface area contributed by atoms with Crippen LogP contribution in [0.5, 0.6) is 0 Å². The van der Waals surface area contributed by atoms with E-state index in [1.165, 1.54) is 14.2 Å². The van der Waals surface area contributed by atoms with Gasteiger partial charge >= 0.3 is 12.2 Å². The van der Waals surface area contributed by atoms with Gasteiger partial charge in [0.2, 0.25) is 0 Å². The van der Waals surface area contributed by atoms with Crippen LogP contribution in [0, 0.1) is 0 Å². The molecule has 0 fully saturated rings. The van der Waals surface area contributed by atoms with Gasteiger partial charge in [0.05, 0.1) is 26.4 Å². The Hall–Kier alpha value is -1.50. The van der Waals surface area contributed by atoms with Crippen LogP contribution in [-0.4, -0.2) is 49.7 Å². The third-order valence-corrected chi connectivity index (χ3v) is 2.92. The zero-order valence-corrected chi connectivity index (χ0v) is 11.9. The molecular formula is C12H24N2O5. The van der Waals surface area contributed by atoms with Crippen LogP contribution in [0.4, 0.5) is 9.59 Å². The molecule has 0 radical (unpaired) electrons. The number of carbonyl (C=O) groups excluding carboxylic acids is 2. The maximum absolute atomic E-state index is 11.1. The molecule has 112 valence electrons. The fourth-order valence-electron chi connectivity index (χ4n) is 1.69. The van der Waals surface area contributed by atoms with Gasteiger partial charge in [0, 0.05) is 6.04 Å². The molecule has 0 saturated carbocycles. The summed E-state index contributed by atoms with van der Waals surface area (Å²) in [6.45, 7) is 3.74. The number of aliphatic hydroxyl groups is 1. The van der Waals surface area contributed by atoms with E-state index in [1.807, 2.05) is 13.8 Å². The third kappa shape index (κ3) is 6.85. The van der Waals surface area contributed by atoms with E-state index < -0.39 is 24.3 Å². The molecule has 7 heteroatoms. The molecule has 2 amide bonds. The van der Waals surface area contributed by atoms with Crippen LogP contribution in [-0.2, 0) is 9.47 Å². The second-order valence-corrected chi connectivity index (χ2v) is 4.19. The zero-order chi connectivity index (χ0) is 14.8. The van der Waals surface area contributed by atoms with E-state index in [0.29, 0.717) is 19.3 Å². The smallest absolute Gasteiger partial charge is 0.407 e. The van der Waals surface area contributed by atoms with Gasteiger partial charge in [-0.2, -0.15) is 0 Å². The van der Waals surface area contributed by atoms with Crippen LogP contribution in [0.3, 0.4) is 0 Å². The minimum Gasteiger partial charge on any atom is -0.453 e. The molecule has 19 heavy (non-hydrogen) atoms. The lowest BCUT2D eigenvalue weighted by atomic mass is 9.99. The monoisotopic (exact) mass is 276 g/mol. The Morgan fingerprint density at radius 1 is 1.05 bits per heavy atom. The minimum absolute atomic E-state index is 0.212. The van der Waals surface area contributed by atoms with Gasteiger partial charge in [0.1, 0.15) is 0 Å².